The van der Waals surface area contributed by atoms with Crippen molar-refractivity contribution in [3.05, 3.63) is 34.9 Å². The molecule has 0 spiro atoms. The highest BCUT2D eigenvalue weighted by Gasteiger charge is 2.45. The van der Waals surface area contributed by atoms with E-state index in [0.717, 1.165) is 24.4 Å². The number of guanidine groups is 1. The van der Waals surface area contributed by atoms with Crippen LogP contribution in [0.15, 0.2) is 29.3 Å². The Balaban J connectivity index is 1.72. The Labute approximate surface area is 119 Å². The molecule has 3 nitrogen and oxygen atoms in total. The first kappa shape index (κ1) is 12.8. The lowest BCUT2D eigenvalue weighted by Gasteiger charge is -2.19. The van der Waals surface area contributed by atoms with Crippen LogP contribution < -0.4 is 5.73 Å². The van der Waals surface area contributed by atoms with Crippen LogP contribution in [0.25, 0.3) is 0 Å². The molecular weight excluding hydrogens is 258 g/mol. The van der Waals surface area contributed by atoms with Crippen molar-refractivity contribution in [1.29, 1.82) is 0 Å². The Morgan fingerprint density at radius 2 is 2.11 bits per heavy atom. The molecular formula is C15H20ClN3. The fourth-order valence-electron chi connectivity index (χ4n) is 2.55. The number of halogens is 1. The van der Waals surface area contributed by atoms with Crippen LogP contribution in [0, 0.1) is 0 Å². The van der Waals surface area contributed by atoms with Crippen molar-refractivity contribution in [1.82, 2.24) is 4.90 Å². The van der Waals surface area contributed by atoms with Gasteiger partial charge in [0, 0.05) is 23.5 Å². The summed E-state index contributed by atoms with van der Waals surface area (Å²) in [5, 5.41) is 0.851. The van der Waals surface area contributed by atoms with Gasteiger partial charge in [-0.05, 0) is 37.3 Å². The smallest absolute Gasteiger partial charge is 0.191 e. The minimum absolute atomic E-state index is 0.132. The third kappa shape index (κ3) is 2.57. The van der Waals surface area contributed by atoms with Gasteiger partial charge >= 0.3 is 0 Å². The number of hydrogen-bond donors (Lipinski definition) is 1. The molecule has 0 aliphatic heterocycles. The summed E-state index contributed by atoms with van der Waals surface area (Å²) in [6, 6.07) is 8.70. The van der Waals surface area contributed by atoms with Gasteiger partial charge in [0.25, 0.3) is 0 Å². The molecule has 2 N–H and O–H groups in total. The SMILES string of the molecule is CN(C(N)=NCC1(c2ccccc2Cl)CC1)C1CC1. The standard InChI is InChI=1S/C15H20ClN3/c1-19(11-6-7-11)14(17)18-10-15(8-9-15)12-4-2-3-5-13(12)16/h2-5,11H,6-10H2,1H3,(H2,17,18). The Morgan fingerprint density at radius 1 is 1.42 bits per heavy atom. The van der Waals surface area contributed by atoms with Gasteiger partial charge in [0.1, 0.15) is 0 Å². The second-order valence-electron chi connectivity index (χ2n) is 5.78. The van der Waals surface area contributed by atoms with Crippen LogP contribution in [0.4, 0.5) is 0 Å². The summed E-state index contributed by atoms with van der Waals surface area (Å²) in [5.74, 6) is 0.667. The fourth-order valence-corrected chi connectivity index (χ4v) is 2.88. The van der Waals surface area contributed by atoms with Gasteiger partial charge in [0.2, 0.25) is 0 Å². The third-order valence-electron chi connectivity index (χ3n) is 4.30. The van der Waals surface area contributed by atoms with Gasteiger partial charge < -0.3 is 10.6 Å². The molecule has 1 aromatic rings. The summed E-state index contributed by atoms with van der Waals surface area (Å²) in [7, 11) is 2.03. The van der Waals surface area contributed by atoms with Crippen LogP contribution in [0.2, 0.25) is 5.02 Å². The maximum atomic E-state index is 6.30. The Morgan fingerprint density at radius 3 is 2.68 bits per heavy atom. The molecule has 0 saturated heterocycles. The van der Waals surface area contributed by atoms with E-state index in [2.05, 4.69) is 16.0 Å². The van der Waals surface area contributed by atoms with Crippen molar-refractivity contribution in [3.8, 4) is 0 Å². The molecule has 0 amide bonds. The molecule has 0 aromatic heterocycles. The number of hydrogen-bond acceptors (Lipinski definition) is 1. The van der Waals surface area contributed by atoms with Crippen LogP contribution in [0.3, 0.4) is 0 Å². The average molecular weight is 278 g/mol. The second kappa shape index (κ2) is 4.71. The van der Waals surface area contributed by atoms with Crippen molar-refractivity contribution in [2.24, 2.45) is 10.7 Å². The molecule has 0 unspecified atom stereocenters. The van der Waals surface area contributed by atoms with Gasteiger partial charge in [-0.25, -0.2) is 0 Å². The number of nitrogens with zero attached hydrogens (tertiary/aromatic N) is 2. The lowest BCUT2D eigenvalue weighted by atomic mass is 9.96. The molecule has 4 heteroatoms. The highest BCUT2D eigenvalue weighted by molar-refractivity contribution is 6.31. The van der Waals surface area contributed by atoms with Gasteiger partial charge in [-0.1, -0.05) is 29.8 Å². The van der Waals surface area contributed by atoms with Crippen LogP contribution in [0.1, 0.15) is 31.2 Å². The first-order chi connectivity index (χ1) is 9.12. The fraction of sp³-hybridized carbons (Fsp3) is 0.533. The second-order valence-corrected chi connectivity index (χ2v) is 6.18. The first-order valence-corrected chi connectivity index (χ1v) is 7.28. The summed E-state index contributed by atoms with van der Waals surface area (Å²) in [4.78, 5) is 6.70. The van der Waals surface area contributed by atoms with Crippen molar-refractivity contribution in [3.63, 3.8) is 0 Å². The van der Waals surface area contributed by atoms with Crippen molar-refractivity contribution in [2.45, 2.75) is 37.1 Å². The lowest BCUT2D eigenvalue weighted by molar-refractivity contribution is 0.485. The molecule has 102 valence electrons. The van der Waals surface area contributed by atoms with Crippen LogP contribution in [-0.4, -0.2) is 30.5 Å². The zero-order valence-electron chi connectivity index (χ0n) is 11.3. The van der Waals surface area contributed by atoms with E-state index < -0.39 is 0 Å². The summed E-state index contributed by atoms with van der Waals surface area (Å²) in [5.41, 5.74) is 7.41. The maximum absolute atomic E-state index is 6.30. The van der Waals surface area contributed by atoms with E-state index in [0.29, 0.717) is 12.0 Å². The van der Waals surface area contributed by atoms with Gasteiger partial charge in [0.05, 0.1) is 6.54 Å². The molecule has 1 aromatic carbocycles. The van der Waals surface area contributed by atoms with Crippen molar-refractivity contribution >= 4 is 17.6 Å². The van der Waals surface area contributed by atoms with E-state index in [1.165, 1.54) is 18.4 Å². The molecule has 3 rings (SSSR count). The summed E-state index contributed by atoms with van der Waals surface area (Å²) in [6.07, 6.45) is 4.78. The average Bonchev–Trinajstić information content (AvgIpc) is 3.28. The molecule has 0 heterocycles. The Hall–Kier alpha value is -1.22. The molecule has 0 atom stereocenters. The number of aliphatic imine (C=N–C) groups is 1. The highest BCUT2D eigenvalue weighted by Crippen LogP contribution is 2.50. The quantitative estimate of drug-likeness (QED) is 0.679. The topological polar surface area (TPSA) is 41.6 Å². The van der Waals surface area contributed by atoms with Crippen molar-refractivity contribution < 1.29 is 0 Å². The molecule has 2 aliphatic rings. The van der Waals surface area contributed by atoms with E-state index in [1.807, 2.05) is 25.2 Å². The predicted octanol–water partition coefficient (Wildman–Crippen LogP) is 2.78. The predicted molar refractivity (Wildman–Crippen MR) is 79.6 cm³/mol. The van der Waals surface area contributed by atoms with Gasteiger partial charge in [-0.2, -0.15) is 0 Å². The van der Waals surface area contributed by atoms with Crippen LogP contribution >= 0.6 is 11.6 Å². The van der Waals surface area contributed by atoms with E-state index >= 15 is 0 Å². The monoisotopic (exact) mass is 277 g/mol. The summed E-state index contributed by atoms with van der Waals surface area (Å²) < 4.78 is 0. The lowest BCUT2D eigenvalue weighted by Crippen LogP contribution is -2.36. The molecule has 2 saturated carbocycles. The zero-order valence-corrected chi connectivity index (χ0v) is 12.0. The van der Waals surface area contributed by atoms with E-state index in [-0.39, 0.29) is 5.41 Å². The maximum Gasteiger partial charge on any atom is 0.191 e. The molecule has 2 fully saturated rings. The van der Waals surface area contributed by atoms with Crippen molar-refractivity contribution in [2.75, 3.05) is 13.6 Å². The van der Waals surface area contributed by atoms with Crippen LogP contribution in [0.5, 0.6) is 0 Å². The van der Waals surface area contributed by atoms with E-state index in [9.17, 15) is 0 Å². The molecule has 0 bridgehead atoms. The highest BCUT2D eigenvalue weighted by atomic mass is 35.5. The summed E-state index contributed by atoms with van der Waals surface area (Å²) >= 11 is 6.30. The van der Waals surface area contributed by atoms with Gasteiger partial charge in [-0.15, -0.1) is 0 Å². The summed E-state index contributed by atoms with van der Waals surface area (Å²) in [6.45, 7) is 0.750. The minimum Gasteiger partial charge on any atom is -0.370 e. The molecule has 2 aliphatic carbocycles. The number of benzene rings is 1. The van der Waals surface area contributed by atoms with Gasteiger partial charge in [0.15, 0.2) is 5.96 Å². The Bertz CT molecular complexity index is 504. The molecule has 19 heavy (non-hydrogen) atoms. The largest absolute Gasteiger partial charge is 0.370 e. The number of nitrogens with two attached hydrogens (primary N) is 1. The zero-order chi connectivity index (χ0) is 13.5. The van der Waals surface area contributed by atoms with E-state index in [4.69, 9.17) is 17.3 Å². The molecule has 0 radical (unpaired) electrons. The van der Waals surface area contributed by atoms with Gasteiger partial charge in [-0.3, -0.25) is 4.99 Å². The van der Waals surface area contributed by atoms with Crippen LogP contribution in [-0.2, 0) is 5.41 Å². The minimum atomic E-state index is 0.132. The Kier molecular flexibility index (Phi) is 3.17. The third-order valence-corrected chi connectivity index (χ3v) is 4.63. The normalized spacial score (nSPS) is 21.3. The first-order valence-electron chi connectivity index (χ1n) is 6.90. The number of rotatable bonds is 4. The van der Waals surface area contributed by atoms with E-state index in [1.54, 1.807) is 0 Å².